The van der Waals surface area contributed by atoms with Gasteiger partial charge in [0.1, 0.15) is 0 Å². The monoisotopic (exact) mass is 232 g/mol. The Balaban J connectivity index is 2.15. The molecule has 15 heavy (non-hydrogen) atoms. The molecule has 88 valence electrons. The summed E-state index contributed by atoms with van der Waals surface area (Å²) in [5.41, 5.74) is 0. The van der Waals surface area contributed by atoms with Crippen molar-refractivity contribution >= 4 is 17.7 Å². The van der Waals surface area contributed by atoms with Gasteiger partial charge in [-0.2, -0.15) is 0 Å². The smallest absolute Gasteiger partial charge is 0.238 e. The second kappa shape index (κ2) is 6.35. The van der Waals surface area contributed by atoms with Gasteiger partial charge in [0.15, 0.2) is 0 Å². The number of carbonyl (C=O) groups excluding carboxylic acids is 1. The maximum absolute atomic E-state index is 11.6. The van der Waals surface area contributed by atoms with Crippen LogP contribution in [0.5, 0.6) is 0 Å². The van der Waals surface area contributed by atoms with E-state index in [0.717, 1.165) is 18.1 Å². The zero-order chi connectivity index (χ0) is 11.3. The van der Waals surface area contributed by atoms with Crippen molar-refractivity contribution in [1.29, 1.82) is 0 Å². The van der Waals surface area contributed by atoms with E-state index in [1.54, 1.807) is 18.7 Å². The van der Waals surface area contributed by atoms with Crippen LogP contribution in [0, 0.1) is 5.92 Å². The normalized spacial score (nSPS) is 24.9. The summed E-state index contributed by atoms with van der Waals surface area (Å²) in [6, 6.07) is -0.0336. The Labute approximate surface area is 95.2 Å². The summed E-state index contributed by atoms with van der Waals surface area (Å²) in [5.74, 6) is 2.12. The van der Waals surface area contributed by atoms with Gasteiger partial charge in [-0.25, -0.2) is 0 Å². The van der Waals surface area contributed by atoms with E-state index in [1.807, 2.05) is 6.92 Å². The molecular weight excluding hydrogens is 212 g/mol. The summed E-state index contributed by atoms with van der Waals surface area (Å²) in [6.07, 6.45) is 0.435. The van der Waals surface area contributed by atoms with Gasteiger partial charge in [0.25, 0.3) is 0 Å². The first-order valence-corrected chi connectivity index (χ1v) is 6.52. The third kappa shape index (κ3) is 4.86. The number of aliphatic hydroxyl groups is 1. The van der Waals surface area contributed by atoms with Crippen molar-refractivity contribution in [2.75, 3.05) is 18.2 Å². The molecule has 0 aromatic heterocycles. The second-order valence-electron chi connectivity index (χ2n) is 4.21. The molecule has 3 N–H and O–H groups in total. The average molecular weight is 232 g/mol. The van der Waals surface area contributed by atoms with Gasteiger partial charge in [0, 0.05) is 18.2 Å². The number of amides is 1. The number of hydrogen-bond acceptors (Lipinski definition) is 4. The van der Waals surface area contributed by atoms with Gasteiger partial charge in [-0.1, -0.05) is 6.92 Å². The van der Waals surface area contributed by atoms with Crippen molar-refractivity contribution in [3.63, 3.8) is 0 Å². The predicted molar refractivity (Wildman–Crippen MR) is 62.7 cm³/mol. The zero-order valence-corrected chi connectivity index (χ0v) is 10.1. The summed E-state index contributed by atoms with van der Waals surface area (Å²) in [7, 11) is 0. The Kier molecular flexibility index (Phi) is 5.42. The van der Waals surface area contributed by atoms with E-state index >= 15 is 0 Å². The minimum absolute atomic E-state index is 0.0336. The third-order valence-electron chi connectivity index (χ3n) is 2.40. The molecule has 4 nitrogen and oxygen atoms in total. The van der Waals surface area contributed by atoms with Crippen LogP contribution in [0.25, 0.3) is 0 Å². The highest BCUT2D eigenvalue weighted by Gasteiger charge is 2.22. The van der Waals surface area contributed by atoms with Crippen LogP contribution >= 0.6 is 11.8 Å². The first kappa shape index (κ1) is 12.8. The van der Waals surface area contributed by atoms with E-state index in [2.05, 4.69) is 10.6 Å². The molecule has 0 saturated carbocycles. The van der Waals surface area contributed by atoms with Crippen LogP contribution in [-0.4, -0.2) is 41.3 Å². The van der Waals surface area contributed by atoms with E-state index < -0.39 is 0 Å². The second-order valence-corrected chi connectivity index (χ2v) is 5.24. The topological polar surface area (TPSA) is 61.4 Å². The molecule has 5 heteroatoms. The minimum Gasteiger partial charge on any atom is -0.393 e. The molecule has 0 bridgehead atoms. The van der Waals surface area contributed by atoms with E-state index in [4.69, 9.17) is 0 Å². The van der Waals surface area contributed by atoms with Crippen LogP contribution in [0.4, 0.5) is 0 Å². The van der Waals surface area contributed by atoms with Crippen LogP contribution in [-0.2, 0) is 4.79 Å². The number of hydrogen-bond donors (Lipinski definition) is 3. The summed E-state index contributed by atoms with van der Waals surface area (Å²) in [6.45, 7) is 4.45. The zero-order valence-electron chi connectivity index (χ0n) is 9.32. The summed E-state index contributed by atoms with van der Waals surface area (Å²) in [4.78, 5) is 11.6. The molecule has 0 aromatic carbocycles. The molecule has 0 aromatic rings. The van der Waals surface area contributed by atoms with E-state index in [9.17, 15) is 9.90 Å². The fourth-order valence-electron chi connectivity index (χ4n) is 1.63. The molecular formula is C10H20N2O2S. The van der Waals surface area contributed by atoms with Crippen molar-refractivity contribution in [2.45, 2.75) is 32.4 Å². The molecule has 1 heterocycles. The predicted octanol–water partition coefficient (Wildman–Crippen LogP) is 0.172. The van der Waals surface area contributed by atoms with Crippen molar-refractivity contribution in [1.82, 2.24) is 10.6 Å². The maximum Gasteiger partial charge on any atom is 0.238 e. The highest BCUT2D eigenvalue weighted by Crippen LogP contribution is 2.10. The number of nitrogens with one attached hydrogen (secondary N) is 2. The lowest BCUT2D eigenvalue weighted by atomic mass is 10.0. The van der Waals surface area contributed by atoms with Crippen LogP contribution in [0.2, 0.25) is 0 Å². The van der Waals surface area contributed by atoms with Crippen LogP contribution in [0.3, 0.4) is 0 Å². The Morgan fingerprint density at radius 3 is 2.93 bits per heavy atom. The number of aliphatic hydroxyl groups excluding tert-OH is 1. The summed E-state index contributed by atoms with van der Waals surface area (Å²) in [5, 5.41) is 15.2. The standard InChI is InChI=1S/C10H20N2O2S/c1-7(3-8(2)13)4-11-10(14)9-5-15-6-12-9/h7-9,12-13H,3-6H2,1-2H3,(H,11,14)/t7?,8?,9-/m1/s1. The molecule has 1 saturated heterocycles. The van der Waals surface area contributed by atoms with Gasteiger partial charge in [0.2, 0.25) is 5.91 Å². The highest BCUT2D eigenvalue weighted by atomic mass is 32.2. The van der Waals surface area contributed by atoms with Crippen molar-refractivity contribution in [3.05, 3.63) is 0 Å². The lowest BCUT2D eigenvalue weighted by Gasteiger charge is -2.16. The first-order valence-electron chi connectivity index (χ1n) is 5.36. The largest absolute Gasteiger partial charge is 0.393 e. The first-order chi connectivity index (χ1) is 7.09. The molecule has 1 rings (SSSR count). The van der Waals surface area contributed by atoms with Crippen molar-refractivity contribution < 1.29 is 9.90 Å². The average Bonchev–Trinajstić information content (AvgIpc) is 2.65. The van der Waals surface area contributed by atoms with E-state index in [-0.39, 0.29) is 18.1 Å². The molecule has 1 amide bonds. The van der Waals surface area contributed by atoms with Gasteiger partial charge < -0.3 is 10.4 Å². The molecule has 0 radical (unpaired) electrons. The molecule has 2 unspecified atom stereocenters. The van der Waals surface area contributed by atoms with Crippen LogP contribution in [0.15, 0.2) is 0 Å². The lowest BCUT2D eigenvalue weighted by Crippen LogP contribution is -2.43. The fourth-order valence-corrected chi connectivity index (χ4v) is 2.57. The Morgan fingerprint density at radius 1 is 1.67 bits per heavy atom. The van der Waals surface area contributed by atoms with Gasteiger partial charge in [-0.05, 0) is 19.3 Å². The van der Waals surface area contributed by atoms with Crippen LogP contribution < -0.4 is 10.6 Å². The molecule has 1 aliphatic rings. The molecule has 0 spiro atoms. The quantitative estimate of drug-likeness (QED) is 0.632. The Morgan fingerprint density at radius 2 is 2.40 bits per heavy atom. The maximum atomic E-state index is 11.6. The van der Waals surface area contributed by atoms with Gasteiger partial charge in [-0.3, -0.25) is 10.1 Å². The number of rotatable bonds is 5. The Bertz CT molecular complexity index is 206. The highest BCUT2D eigenvalue weighted by molar-refractivity contribution is 7.99. The molecule has 1 fully saturated rings. The molecule has 0 aliphatic carbocycles. The van der Waals surface area contributed by atoms with E-state index in [0.29, 0.717) is 12.5 Å². The summed E-state index contributed by atoms with van der Waals surface area (Å²) < 4.78 is 0. The number of carbonyl (C=O) groups is 1. The Hall–Kier alpha value is -0.260. The minimum atomic E-state index is -0.294. The van der Waals surface area contributed by atoms with Crippen molar-refractivity contribution in [3.8, 4) is 0 Å². The number of thioether (sulfide) groups is 1. The van der Waals surface area contributed by atoms with Gasteiger partial charge >= 0.3 is 0 Å². The fraction of sp³-hybridized carbons (Fsp3) is 0.900. The molecule has 3 atom stereocenters. The summed E-state index contributed by atoms with van der Waals surface area (Å²) >= 11 is 1.74. The van der Waals surface area contributed by atoms with Crippen LogP contribution in [0.1, 0.15) is 20.3 Å². The SMILES string of the molecule is CC(O)CC(C)CNC(=O)[C@H]1CSCN1. The van der Waals surface area contributed by atoms with Crippen molar-refractivity contribution in [2.24, 2.45) is 5.92 Å². The lowest BCUT2D eigenvalue weighted by molar-refractivity contribution is -0.122. The van der Waals surface area contributed by atoms with E-state index in [1.165, 1.54) is 0 Å². The van der Waals surface area contributed by atoms with Gasteiger partial charge in [0.05, 0.1) is 12.1 Å². The van der Waals surface area contributed by atoms with Gasteiger partial charge in [-0.15, -0.1) is 11.8 Å². The molecule has 1 aliphatic heterocycles. The third-order valence-corrected chi connectivity index (χ3v) is 3.34.